The molecule has 0 bridgehead atoms. The summed E-state index contributed by atoms with van der Waals surface area (Å²) in [7, 11) is 0. The number of aryl methyl sites for hydroxylation is 1. The molecule has 0 unspecified atom stereocenters. The maximum absolute atomic E-state index is 12.6. The van der Waals surface area contributed by atoms with Crippen LogP contribution >= 0.6 is 11.8 Å². The van der Waals surface area contributed by atoms with Crippen molar-refractivity contribution < 1.29 is 9.72 Å². The van der Waals surface area contributed by atoms with Gasteiger partial charge in [-0.1, -0.05) is 23.9 Å². The molecule has 3 aromatic rings. The van der Waals surface area contributed by atoms with E-state index in [4.69, 9.17) is 0 Å². The van der Waals surface area contributed by atoms with E-state index in [1.807, 2.05) is 23.1 Å². The van der Waals surface area contributed by atoms with Crippen molar-refractivity contribution in [2.75, 3.05) is 11.6 Å². The van der Waals surface area contributed by atoms with Gasteiger partial charge in [-0.2, -0.15) is 0 Å². The maximum Gasteiger partial charge on any atom is 0.271 e. The fourth-order valence-electron chi connectivity index (χ4n) is 2.49. The third-order valence-electron chi connectivity index (χ3n) is 3.86. The third-order valence-corrected chi connectivity index (χ3v) is 4.52. The minimum atomic E-state index is -0.487. The first-order valence-electron chi connectivity index (χ1n) is 7.74. The summed E-state index contributed by atoms with van der Waals surface area (Å²) < 4.78 is 1.89. The molecule has 26 heavy (non-hydrogen) atoms. The van der Waals surface area contributed by atoms with E-state index >= 15 is 0 Å². The Morgan fingerprint density at radius 3 is 2.81 bits per heavy atom. The van der Waals surface area contributed by atoms with Gasteiger partial charge >= 0.3 is 0 Å². The number of hydrogen-bond acceptors (Lipinski definition) is 5. The van der Waals surface area contributed by atoms with Gasteiger partial charge in [0.15, 0.2) is 5.16 Å². The van der Waals surface area contributed by atoms with E-state index in [9.17, 15) is 14.9 Å². The molecule has 0 saturated heterocycles. The standard InChI is InChI=1S/C18H16N4O3S/c1-12-6-7-15(22(24)25)11-16(12)20-17(23)13-4-3-5-14(10-13)21-9-8-19-18(21)26-2/h3-11H,1-2H3,(H,20,23). The molecule has 0 aliphatic heterocycles. The Labute approximate surface area is 154 Å². The van der Waals surface area contributed by atoms with Crippen LogP contribution < -0.4 is 5.32 Å². The van der Waals surface area contributed by atoms with Crippen LogP contribution in [0.25, 0.3) is 5.69 Å². The fraction of sp³-hybridized carbons (Fsp3) is 0.111. The first kappa shape index (κ1) is 17.7. The van der Waals surface area contributed by atoms with Crippen molar-refractivity contribution in [1.29, 1.82) is 0 Å². The van der Waals surface area contributed by atoms with Crippen molar-refractivity contribution in [2.24, 2.45) is 0 Å². The van der Waals surface area contributed by atoms with E-state index in [1.165, 1.54) is 23.9 Å². The van der Waals surface area contributed by atoms with Gasteiger partial charge in [0.05, 0.1) is 10.6 Å². The average Bonchev–Trinajstić information content (AvgIpc) is 3.12. The first-order chi connectivity index (χ1) is 12.5. The van der Waals surface area contributed by atoms with Gasteiger partial charge in [-0.05, 0) is 36.9 Å². The number of non-ortho nitro benzene ring substituents is 1. The number of aromatic nitrogens is 2. The molecule has 1 heterocycles. The highest BCUT2D eigenvalue weighted by molar-refractivity contribution is 7.98. The molecule has 1 aromatic heterocycles. The number of rotatable bonds is 5. The first-order valence-corrected chi connectivity index (χ1v) is 8.96. The number of amides is 1. The quantitative estimate of drug-likeness (QED) is 0.417. The Hall–Kier alpha value is -3.13. The zero-order chi connectivity index (χ0) is 18.7. The van der Waals surface area contributed by atoms with Gasteiger partial charge in [0.2, 0.25) is 0 Å². The molecule has 7 nitrogen and oxygen atoms in total. The van der Waals surface area contributed by atoms with Gasteiger partial charge in [0, 0.05) is 35.8 Å². The lowest BCUT2D eigenvalue weighted by Crippen LogP contribution is -2.13. The van der Waals surface area contributed by atoms with Crippen molar-refractivity contribution in [3.8, 4) is 5.69 Å². The number of imidazole rings is 1. The molecule has 0 atom stereocenters. The van der Waals surface area contributed by atoms with Gasteiger partial charge < -0.3 is 5.32 Å². The number of carbonyl (C=O) groups is 1. The Morgan fingerprint density at radius 2 is 2.08 bits per heavy atom. The van der Waals surface area contributed by atoms with Crippen molar-refractivity contribution in [1.82, 2.24) is 9.55 Å². The Kier molecular flexibility index (Phi) is 5.04. The highest BCUT2D eigenvalue weighted by Crippen LogP contribution is 2.23. The predicted molar refractivity (Wildman–Crippen MR) is 101 cm³/mol. The van der Waals surface area contributed by atoms with Gasteiger partial charge in [0.1, 0.15) is 0 Å². The van der Waals surface area contributed by atoms with Crippen LogP contribution in [-0.4, -0.2) is 26.6 Å². The predicted octanol–water partition coefficient (Wildman–Crippen LogP) is 4.06. The molecule has 0 spiro atoms. The van der Waals surface area contributed by atoms with Gasteiger partial charge in [-0.15, -0.1) is 0 Å². The monoisotopic (exact) mass is 368 g/mol. The van der Waals surface area contributed by atoms with Crippen molar-refractivity contribution in [2.45, 2.75) is 12.1 Å². The van der Waals surface area contributed by atoms with Crippen LogP contribution in [-0.2, 0) is 0 Å². The number of nitrogens with one attached hydrogen (secondary N) is 1. The summed E-state index contributed by atoms with van der Waals surface area (Å²) in [6, 6.07) is 11.5. The van der Waals surface area contributed by atoms with Crippen LogP contribution in [0.3, 0.4) is 0 Å². The Morgan fingerprint density at radius 1 is 1.27 bits per heavy atom. The van der Waals surface area contributed by atoms with Gasteiger partial charge in [-0.3, -0.25) is 19.5 Å². The van der Waals surface area contributed by atoms with Gasteiger partial charge in [0.25, 0.3) is 11.6 Å². The smallest absolute Gasteiger partial charge is 0.271 e. The zero-order valence-electron chi connectivity index (χ0n) is 14.2. The summed E-state index contributed by atoms with van der Waals surface area (Å²) in [5.41, 5.74) is 2.37. The summed E-state index contributed by atoms with van der Waals surface area (Å²) in [5, 5.41) is 14.5. The molecule has 0 aliphatic rings. The van der Waals surface area contributed by atoms with Crippen molar-refractivity contribution in [3.63, 3.8) is 0 Å². The molecule has 8 heteroatoms. The lowest BCUT2D eigenvalue weighted by molar-refractivity contribution is -0.384. The van der Waals surface area contributed by atoms with Crippen molar-refractivity contribution >= 4 is 29.0 Å². The van der Waals surface area contributed by atoms with Crippen molar-refractivity contribution in [3.05, 3.63) is 76.1 Å². The van der Waals surface area contributed by atoms with E-state index in [1.54, 1.807) is 37.4 Å². The molecule has 1 N–H and O–H groups in total. The lowest BCUT2D eigenvalue weighted by Gasteiger charge is -2.10. The fourth-order valence-corrected chi connectivity index (χ4v) is 3.02. The maximum atomic E-state index is 12.6. The second-order valence-corrected chi connectivity index (χ2v) is 6.32. The van der Waals surface area contributed by atoms with Crippen LogP contribution in [0.2, 0.25) is 0 Å². The number of nitro benzene ring substituents is 1. The molecule has 2 aromatic carbocycles. The summed E-state index contributed by atoms with van der Waals surface area (Å²) in [6.45, 7) is 1.78. The molecule has 0 radical (unpaired) electrons. The highest BCUT2D eigenvalue weighted by atomic mass is 32.2. The molecule has 0 saturated carbocycles. The SMILES string of the molecule is CSc1nccn1-c1cccc(C(=O)Nc2cc([N+](=O)[O-])ccc2C)c1. The number of carbonyl (C=O) groups excluding carboxylic acids is 1. The number of nitro groups is 1. The van der Waals surface area contributed by atoms with E-state index < -0.39 is 4.92 Å². The second-order valence-electron chi connectivity index (χ2n) is 5.54. The third kappa shape index (κ3) is 3.60. The second kappa shape index (κ2) is 7.40. The summed E-state index contributed by atoms with van der Waals surface area (Å²) in [5.74, 6) is -0.332. The molecular weight excluding hydrogens is 352 g/mol. The minimum Gasteiger partial charge on any atom is -0.321 e. The van der Waals surface area contributed by atoms with Crippen LogP contribution in [0, 0.1) is 17.0 Å². The Balaban J connectivity index is 1.89. The topological polar surface area (TPSA) is 90.1 Å². The van der Waals surface area contributed by atoms with Crippen LogP contribution in [0.4, 0.5) is 11.4 Å². The normalized spacial score (nSPS) is 10.5. The van der Waals surface area contributed by atoms with E-state index in [-0.39, 0.29) is 11.6 Å². The molecule has 1 amide bonds. The molecule has 0 fully saturated rings. The zero-order valence-corrected chi connectivity index (χ0v) is 15.0. The molecule has 0 aliphatic carbocycles. The largest absolute Gasteiger partial charge is 0.321 e. The van der Waals surface area contributed by atoms with Gasteiger partial charge in [-0.25, -0.2) is 4.98 Å². The summed E-state index contributed by atoms with van der Waals surface area (Å²) >= 11 is 1.51. The van der Waals surface area contributed by atoms with E-state index in [0.29, 0.717) is 11.3 Å². The minimum absolute atomic E-state index is 0.0670. The Bertz CT molecular complexity index is 984. The number of thioether (sulfide) groups is 1. The van der Waals surface area contributed by atoms with E-state index in [2.05, 4.69) is 10.3 Å². The van der Waals surface area contributed by atoms with E-state index in [0.717, 1.165) is 16.4 Å². The van der Waals surface area contributed by atoms with Crippen LogP contribution in [0.15, 0.2) is 60.0 Å². The van der Waals surface area contributed by atoms with Crippen LogP contribution in [0.5, 0.6) is 0 Å². The molecule has 132 valence electrons. The molecule has 3 rings (SSSR count). The average molecular weight is 368 g/mol. The molecular formula is C18H16N4O3S. The number of nitrogens with zero attached hydrogens (tertiary/aromatic N) is 3. The summed E-state index contributed by atoms with van der Waals surface area (Å²) in [4.78, 5) is 27.3. The highest BCUT2D eigenvalue weighted by Gasteiger charge is 2.13. The summed E-state index contributed by atoms with van der Waals surface area (Å²) in [6.07, 6.45) is 5.46. The number of hydrogen-bond donors (Lipinski definition) is 1. The number of benzene rings is 2. The lowest BCUT2D eigenvalue weighted by atomic mass is 10.1. The van der Waals surface area contributed by atoms with Crippen LogP contribution in [0.1, 0.15) is 15.9 Å². The number of anilines is 1.